The lowest BCUT2D eigenvalue weighted by molar-refractivity contribution is -0.123. The van der Waals surface area contributed by atoms with Gasteiger partial charge in [-0.2, -0.15) is 0 Å². The first kappa shape index (κ1) is 22.0. The van der Waals surface area contributed by atoms with Crippen molar-refractivity contribution in [3.05, 3.63) is 34.1 Å². The highest BCUT2D eigenvalue weighted by Crippen LogP contribution is 2.28. The van der Waals surface area contributed by atoms with Gasteiger partial charge in [0.2, 0.25) is 0 Å². The molecule has 0 saturated heterocycles. The van der Waals surface area contributed by atoms with Crippen molar-refractivity contribution < 1.29 is 23.9 Å². The predicted molar refractivity (Wildman–Crippen MR) is 108 cm³/mol. The van der Waals surface area contributed by atoms with Crippen molar-refractivity contribution >= 4 is 40.7 Å². The highest BCUT2D eigenvalue weighted by atomic mass is 32.2. The number of carbonyl (C=O) groups excluding carboxylic acids is 3. The van der Waals surface area contributed by atoms with Crippen molar-refractivity contribution in [1.29, 1.82) is 0 Å². The van der Waals surface area contributed by atoms with Gasteiger partial charge in [0.05, 0.1) is 14.2 Å². The van der Waals surface area contributed by atoms with Crippen LogP contribution in [0.4, 0.5) is 11.5 Å². The molecular weight excluding hydrogens is 400 g/mol. The molecule has 0 radical (unpaired) electrons. The number of anilines is 2. The predicted octanol–water partition coefficient (Wildman–Crippen LogP) is 1.26. The fourth-order valence-corrected chi connectivity index (χ4v) is 3.23. The van der Waals surface area contributed by atoms with Gasteiger partial charge in [0.1, 0.15) is 10.9 Å². The highest BCUT2D eigenvalue weighted by molar-refractivity contribution is 8.01. The Kier molecular flexibility index (Phi) is 6.99. The molecule has 0 aliphatic heterocycles. The van der Waals surface area contributed by atoms with Crippen LogP contribution in [0.15, 0.2) is 28.2 Å². The van der Waals surface area contributed by atoms with E-state index < -0.39 is 16.7 Å². The van der Waals surface area contributed by atoms with Crippen LogP contribution in [0.25, 0.3) is 0 Å². The minimum atomic E-state index is -1.01. The number of nitrogens with one attached hydrogen (secondary N) is 2. The van der Waals surface area contributed by atoms with E-state index in [0.29, 0.717) is 11.5 Å². The summed E-state index contributed by atoms with van der Waals surface area (Å²) < 4.78 is 10.3. The molecule has 0 spiro atoms. The zero-order valence-electron chi connectivity index (χ0n) is 16.2. The number of benzene rings is 1. The third kappa shape index (κ3) is 5.13. The van der Waals surface area contributed by atoms with Crippen molar-refractivity contribution in [2.45, 2.75) is 24.3 Å². The number of nitrogens with zero attached hydrogens (tertiary/aromatic N) is 1. The Morgan fingerprint density at radius 3 is 2.28 bits per heavy atom. The van der Waals surface area contributed by atoms with Gasteiger partial charge in [0, 0.05) is 5.56 Å². The number of nitrogens with two attached hydrogens (primary N) is 1. The molecule has 0 bridgehead atoms. The van der Waals surface area contributed by atoms with Crippen molar-refractivity contribution in [3.63, 3.8) is 0 Å². The number of aromatic nitrogens is 2. The third-order valence-corrected chi connectivity index (χ3v) is 5.09. The molecule has 2 rings (SSSR count). The number of amides is 1. The summed E-state index contributed by atoms with van der Waals surface area (Å²) in [5.41, 5.74) is 5.03. The zero-order chi connectivity index (χ0) is 21.7. The Morgan fingerprint density at radius 1 is 1.14 bits per heavy atom. The van der Waals surface area contributed by atoms with Crippen molar-refractivity contribution in [2.24, 2.45) is 0 Å². The van der Waals surface area contributed by atoms with Gasteiger partial charge in [-0.25, -0.2) is 4.98 Å². The fraction of sp³-hybridized carbons (Fsp3) is 0.278. The third-order valence-electron chi connectivity index (χ3n) is 3.78. The number of carbonyl (C=O) groups is 3. The molecule has 1 amide bonds. The molecule has 1 heterocycles. The van der Waals surface area contributed by atoms with Crippen LogP contribution in [-0.4, -0.2) is 46.9 Å². The van der Waals surface area contributed by atoms with Gasteiger partial charge >= 0.3 is 0 Å². The van der Waals surface area contributed by atoms with Gasteiger partial charge in [-0.1, -0.05) is 11.8 Å². The summed E-state index contributed by atoms with van der Waals surface area (Å²) in [6.45, 7) is 2.52. The van der Waals surface area contributed by atoms with Gasteiger partial charge in [0.15, 0.2) is 34.0 Å². The molecule has 0 atom stereocenters. The zero-order valence-corrected chi connectivity index (χ0v) is 17.0. The Balaban J connectivity index is 2.28. The number of nitrogen functional groups attached to an aromatic ring is 1. The molecule has 0 saturated carbocycles. The first-order chi connectivity index (χ1) is 13.7. The number of ether oxygens (including phenoxy) is 2. The molecule has 4 N–H and O–H groups in total. The normalized spacial score (nSPS) is 10.5. The molecule has 0 fully saturated rings. The van der Waals surface area contributed by atoms with Crippen molar-refractivity contribution in [2.75, 3.05) is 25.3 Å². The number of hydrogen-bond donors (Lipinski definition) is 3. The first-order valence-corrected chi connectivity index (χ1v) is 9.16. The van der Waals surface area contributed by atoms with Gasteiger partial charge < -0.3 is 20.5 Å². The maximum Gasteiger partial charge on any atom is 0.277 e. The van der Waals surface area contributed by atoms with E-state index in [2.05, 4.69) is 15.3 Å². The minimum absolute atomic E-state index is 0.00739. The Labute approximate surface area is 170 Å². The number of rotatable bonds is 8. The van der Waals surface area contributed by atoms with Crippen LogP contribution in [0.3, 0.4) is 0 Å². The molecule has 0 aliphatic carbocycles. The second-order valence-electron chi connectivity index (χ2n) is 5.87. The molecule has 0 aliphatic rings. The largest absolute Gasteiger partial charge is 0.493 e. The lowest BCUT2D eigenvalue weighted by atomic mass is 10.2. The quantitative estimate of drug-likeness (QED) is 0.325. The fourth-order valence-electron chi connectivity index (χ4n) is 2.37. The number of methoxy groups -OCH3 is 2. The number of Topliss-reactive ketones (excluding diaryl/α,β-unsaturated/α-hetero) is 2. The molecule has 1 aromatic heterocycles. The molecular formula is C18H20N4O6S. The summed E-state index contributed by atoms with van der Waals surface area (Å²) >= 11 is 0.777. The van der Waals surface area contributed by atoms with Crippen LogP contribution in [0, 0.1) is 0 Å². The lowest BCUT2D eigenvalue weighted by Gasteiger charge is -2.12. The highest BCUT2D eigenvalue weighted by Gasteiger charge is 2.23. The molecule has 1 aromatic carbocycles. The molecule has 11 heteroatoms. The Morgan fingerprint density at radius 2 is 1.76 bits per heavy atom. The second kappa shape index (κ2) is 9.24. The Hall–Kier alpha value is -3.34. The molecule has 29 heavy (non-hydrogen) atoms. The topological polar surface area (TPSA) is 153 Å². The van der Waals surface area contributed by atoms with Crippen LogP contribution in [0.2, 0.25) is 0 Å². The SMILES string of the molecule is COc1ccc(C(=O)Nc2c(N)nc(SC(C(C)=O)C(C)=O)[nH]c2=O)cc1OC. The molecule has 154 valence electrons. The monoisotopic (exact) mass is 420 g/mol. The van der Waals surface area contributed by atoms with Gasteiger partial charge in [-0.05, 0) is 32.0 Å². The number of aromatic amines is 1. The van der Waals surface area contributed by atoms with Crippen LogP contribution in [0.5, 0.6) is 11.5 Å². The van der Waals surface area contributed by atoms with Crippen molar-refractivity contribution in [1.82, 2.24) is 9.97 Å². The van der Waals surface area contributed by atoms with Gasteiger partial charge in [0.25, 0.3) is 11.5 Å². The minimum Gasteiger partial charge on any atom is -0.493 e. The van der Waals surface area contributed by atoms with Crippen LogP contribution < -0.4 is 26.1 Å². The molecule has 2 aromatic rings. The summed E-state index contributed by atoms with van der Waals surface area (Å²) in [5.74, 6) is -0.850. The van der Waals surface area contributed by atoms with Crippen LogP contribution in [0.1, 0.15) is 24.2 Å². The number of H-pyrrole nitrogens is 1. The van der Waals surface area contributed by atoms with E-state index in [1.54, 1.807) is 6.07 Å². The van der Waals surface area contributed by atoms with Gasteiger partial charge in [-0.15, -0.1) is 0 Å². The molecule has 0 unspecified atom stereocenters. The summed E-state index contributed by atoms with van der Waals surface area (Å²) in [5, 5.41) is 1.38. The van der Waals surface area contributed by atoms with E-state index in [4.69, 9.17) is 15.2 Å². The van der Waals surface area contributed by atoms with E-state index in [0.717, 1.165) is 11.8 Å². The smallest absolute Gasteiger partial charge is 0.277 e. The average molecular weight is 420 g/mol. The standard InChI is InChI=1S/C18H20N4O6S/c1-8(23)14(9(2)24)29-18-21-15(19)13(17(26)22-18)20-16(25)10-5-6-11(27-3)12(7-10)28-4/h5-7,14H,1-4H3,(H,20,25)(H3,19,21,22,26). The maximum absolute atomic E-state index is 12.5. The van der Waals surface area contributed by atoms with E-state index >= 15 is 0 Å². The van der Waals surface area contributed by atoms with E-state index in [1.165, 1.54) is 40.2 Å². The van der Waals surface area contributed by atoms with Crippen LogP contribution >= 0.6 is 11.8 Å². The number of thioether (sulfide) groups is 1. The first-order valence-electron chi connectivity index (χ1n) is 8.28. The van der Waals surface area contributed by atoms with Crippen molar-refractivity contribution in [3.8, 4) is 11.5 Å². The lowest BCUT2D eigenvalue weighted by Crippen LogP contribution is -2.25. The average Bonchev–Trinajstić information content (AvgIpc) is 2.67. The number of ketones is 2. The summed E-state index contributed by atoms with van der Waals surface area (Å²) in [4.78, 5) is 54.3. The van der Waals surface area contributed by atoms with E-state index in [-0.39, 0.29) is 33.8 Å². The summed E-state index contributed by atoms with van der Waals surface area (Å²) in [7, 11) is 2.89. The summed E-state index contributed by atoms with van der Waals surface area (Å²) in [6, 6.07) is 4.48. The number of hydrogen-bond acceptors (Lipinski definition) is 9. The molecule has 10 nitrogen and oxygen atoms in total. The Bertz CT molecular complexity index is 1010. The summed E-state index contributed by atoms with van der Waals surface area (Å²) in [6.07, 6.45) is 0. The van der Waals surface area contributed by atoms with E-state index in [1.807, 2.05) is 0 Å². The van der Waals surface area contributed by atoms with E-state index in [9.17, 15) is 19.2 Å². The maximum atomic E-state index is 12.5. The van der Waals surface area contributed by atoms with Gasteiger partial charge in [-0.3, -0.25) is 24.2 Å². The second-order valence-corrected chi connectivity index (χ2v) is 6.97. The van der Waals surface area contributed by atoms with Crippen LogP contribution in [-0.2, 0) is 9.59 Å².